The minimum atomic E-state index is -0.849. The maximum absolute atomic E-state index is 13.8. The van der Waals surface area contributed by atoms with Gasteiger partial charge in [-0.3, -0.25) is 0 Å². The number of nitrogen functional groups attached to an aromatic ring is 1. The van der Waals surface area contributed by atoms with Crippen molar-refractivity contribution in [2.45, 2.75) is 13.5 Å². The first-order valence-corrected chi connectivity index (χ1v) is 9.60. The molecule has 6 heteroatoms. The number of hydrogen-bond acceptors (Lipinski definition) is 3. The number of halogens is 2. The molecule has 0 spiro atoms. The van der Waals surface area contributed by atoms with Crippen molar-refractivity contribution in [3.8, 4) is 0 Å². The third-order valence-corrected chi connectivity index (χ3v) is 5.66. The molecule has 0 aromatic heterocycles. The summed E-state index contributed by atoms with van der Waals surface area (Å²) in [5, 5.41) is 0.972. The van der Waals surface area contributed by atoms with Crippen LogP contribution in [0.3, 0.4) is 0 Å². The molecule has 2 aromatic rings. The summed E-state index contributed by atoms with van der Waals surface area (Å²) in [6, 6.07) is 9.70. The molecule has 0 saturated carbocycles. The zero-order chi connectivity index (χ0) is 18.7. The topological polar surface area (TPSA) is 61.3 Å². The van der Waals surface area contributed by atoms with Gasteiger partial charge in [0, 0.05) is 18.4 Å². The van der Waals surface area contributed by atoms with Crippen LogP contribution in [0.25, 0.3) is 10.9 Å². The normalized spacial score (nSPS) is 15.3. The predicted octanol–water partition coefficient (Wildman–Crippen LogP) is 4.49. The summed E-state index contributed by atoms with van der Waals surface area (Å²) < 4.78 is 32.8. The minimum absolute atomic E-state index is 0.331. The number of nitrogens with two attached hydrogens (primary N) is 2. The van der Waals surface area contributed by atoms with Crippen LogP contribution in [0.15, 0.2) is 48.2 Å². The Bertz CT molecular complexity index is 893. The van der Waals surface area contributed by atoms with Gasteiger partial charge in [0.25, 0.3) is 0 Å². The Morgan fingerprint density at radius 1 is 1.08 bits per heavy atom. The van der Waals surface area contributed by atoms with Crippen molar-refractivity contribution in [1.82, 2.24) is 0 Å². The molecule has 1 aliphatic heterocycles. The maximum Gasteiger partial charge on any atom is 0.159 e. The lowest BCUT2D eigenvalue weighted by Crippen LogP contribution is -2.04. The molecule has 0 amide bonds. The van der Waals surface area contributed by atoms with Gasteiger partial charge in [-0.15, -0.1) is 0 Å². The van der Waals surface area contributed by atoms with E-state index in [-0.39, 0.29) is 0 Å². The van der Waals surface area contributed by atoms with Gasteiger partial charge in [-0.1, -0.05) is 20.7 Å². The van der Waals surface area contributed by atoms with Crippen molar-refractivity contribution in [3.63, 3.8) is 0 Å². The second-order valence-corrected chi connectivity index (χ2v) is 7.14. The van der Waals surface area contributed by atoms with Gasteiger partial charge in [0.05, 0.1) is 6.61 Å². The Kier molecular flexibility index (Phi) is 5.70. The Hall–Kier alpha value is -2.23. The number of anilines is 1. The fraction of sp³-hybridized carbons (Fsp3) is 0.200. The molecule has 136 valence electrons. The van der Waals surface area contributed by atoms with Crippen LogP contribution in [-0.2, 0) is 11.3 Å². The summed E-state index contributed by atoms with van der Waals surface area (Å²) in [5.74, 6) is -0.810. The van der Waals surface area contributed by atoms with Gasteiger partial charge in [-0.05, 0) is 64.8 Å². The van der Waals surface area contributed by atoms with Gasteiger partial charge in [0.15, 0.2) is 11.6 Å². The van der Waals surface area contributed by atoms with Gasteiger partial charge in [0.2, 0.25) is 0 Å². The molecule has 3 nitrogen and oxygen atoms in total. The molecule has 4 N–H and O–H groups in total. The highest BCUT2D eigenvalue weighted by Crippen LogP contribution is 2.46. The van der Waals surface area contributed by atoms with E-state index in [4.69, 9.17) is 16.2 Å². The molecule has 0 radical (unpaired) electrons. The fourth-order valence-corrected chi connectivity index (χ4v) is 4.24. The van der Waals surface area contributed by atoms with Crippen molar-refractivity contribution in [3.05, 3.63) is 76.6 Å². The van der Waals surface area contributed by atoms with Crippen molar-refractivity contribution in [1.29, 1.82) is 0 Å². The Balaban J connectivity index is 2.17. The molecule has 2 aromatic carbocycles. The van der Waals surface area contributed by atoms with Crippen LogP contribution < -0.4 is 11.5 Å². The summed E-state index contributed by atoms with van der Waals surface area (Å²) >= 11 is 0. The first-order valence-electron chi connectivity index (χ1n) is 8.39. The van der Waals surface area contributed by atoms with Gasteiger partial charge < -0.3 is 16.2 Å². The smallest absolute Gasteiger partial charge is 0.159 e. The second-order valence-electron chi connectivity index (χ2n) is 5.93. The summed E-state index contributed by atoms with van der Waals surface area (Å²) in [5.41, 5.74) is 15.8. The fourth-order valence-electron chi connectivity index (χ4n) is 2.92. The van der Waals surface area contributed by atoms with Crippen LogP contribution in [-0.4, -0.2) is 12.8 Å². The first kappa shape index (κ1) is 18.6. The van der Waals surface area contributed by atoms with E-state index >= 15 is 0 Å². The standard InChI is InChI=1S/C20H21F2N2OP/c1-2-25-15-9-16(12-4-6-19(24)14(7-12)10-23)20(26-11-15)13-3-5-17(21)18(22)8-13/h3-9,26H,2,10-11,23-24H2,1H3. The Morgan fingerprint density at radius 3 is 2.54 bits per heavy atom. The average Bonchev–Trinajstić information content (AvgIpc) is 2.65. The molecule has 1 unspecified atom stereocenters. The first-order chi connectivity index (χ1) is 12.5. The molecule has 1 aliphatic rings. The monoisotopic (exact) mass is 374 g/mol. The number of benzene rings is 2. The molecule has 0 saturated heterocycles. The average molecular weight is 374 g/mol. The highest BCUT2D eigenvalue weighted by molar-refractivity contribution is 7.51. The van der Waals surface area contributed by atoms with E-state index < -0.39 is 11.6 Å². The molecule has 0 fully saturated rings. The van der Waals surface area contributed by atoms with Crippen molar-refractivity contribution >= 4 is 25.2 Å². The Morgan fingerprint density at radius 2 is 1.85 bits per heavy atom. The van der Waals surface area contributed by atoms with Crippen molar-refractivity contribution in [2.24, 2.45) is 5.73 Å². The molecule has 0 aliphatic carbocycles. The molecule has 1 heterocycles. The van der Waals surface area contributed by atoms with E-state index in [1.807, 2.05) is 31.2 Å². The third kappa shape index (κ3) is 3.79. The van der Waals surface area contributed by atoms with Gasteiger partial charge >= 0.3 is 0 Å². The van der Waals surface area contributed by atoms with Crippen LogP contribution >= 0.6 is 8.58 Å². The lowest BCUT2D eigenvalue weighted by molar-refractivity contribution is 0.233. The number of hydrogen-bond donors (Lipinski definition) is 2. The largest absolute Gasteiger partial charge is 0.498 e. The van der Waals surface area contributed by atoms with Crippen LogP contribution in [0.4, 0.5) is 14.5 Å². The van der Waals surface area contributed by atoms with Crippen LogP contribution in [0.2, 0.25) is 0 Å². The second kappa shape index (κ2) is 7.98. The zero-order valence-electron chi connectivity index (χ0n) is 14.5. The maximum atomic E-state index is 13.8. The van der Waals surface area contributed by atoms with E-state index in [2.05, 4.69) is 0 Å². The molecule has 1 atom stereocenters. The van der Waals surface area contributed by atoms with Gasteiger partial charge in [-0.2, -0.15) is 0 Å². The van der Waals surface area contributed by atoms with Gasteiger partial charge in [0.1, 0.15) is 5.76 Å². The highest BCUT2D eigenvalue weighted by atomic mass is 31.1. The summed E-state index contributed by atoms with van der Waals surface area (Å²) in [7, 11) is 0.389. The number of rotatable bonds is 5. The number of allylic oxidation sites excluding steroid dienone is 3. The molecule has 3 rings (SSSR count). The highest BCUT2D eigenvalue weighted by Gasteiger charge is 2.19. The summed E-state index contributed by atoms with van der Waals surface area (Å²) in [6.07, 6.45) is 2.72. The van der Waals surface area contributed by atoms with E-state index in [0.717, 1.165) is 40.0 Å². The summed E-state index contributed by atoms with van der Waals surface area (Å²) in [4.78, 5) is 0. The van der Waals surface area contributed by atoms with E-state index in [0.29, 0.717) is 33.0 Å². The van der Waals surface area contributed by atoms with E-state index in [1.54, 1.807) is 6.07 Å². The molecular weight excluding hydrogens is 353 g/mol. The van der Waals surface area contributed by atoms with Crippen LogP contribution in [0.5, 0.6) is 0 Å². The molecule has 0 bridgehead atoms. The minimum Gasteiger partial charge on any atom is -0.498 e. The lowest BCUT2D eigenvalue weighted by Gasteiger charge is -2.22. The van der Waals surface area contributed by atoms with E-state index in [1.165, 1.54) is 6.07 Å². The lowest BCUT2D eigenvalue weighted by atomic mass is 9.98. The van der Waals surface area contributed by atoms with Crippen molar-refractivity contribution < 1.29 is 13.5 Å². The Labute approximate surface area is 153 Å². The molecule has 26 heavy (non-hydrogen) atoms. The van der Waals surface area contributed by atoms with Crippen LogP contribution in [0.1, 0.15) is 23.6 Å². The summed E-state index contributed by atoms with van der Waals surface area (Å²) in [6.45, 7) is 2.85. The van der Waals surface area contributed by atoms with E-state index in [9.17, 15) is 8.78 Å². The SMILES string of the molecule is CCOC1=CC(c2ccc(N)c(CN)c2)=C(c2ccc(F)c(F)c2)PC1. The van der Waals surface area contributed by atoms with Gasteiger partial charge in [-0.25, -0.2) is 8.78 Å². The van der Waals surface area contributed by atoms with Crippen LogP contribution in [0, 0.1) is 11.6 Å². The molecular formula is C20H21F2N2OP. The third-order valence-electron chi connectivity index (χ3n) is 4.23. The number of ether oxygens (including phenoxy) is 1. The quantitative estimate of drug-likeness (QED) is 0.599. The predicted molar refractivity (Wildman–Crippen MR) is 105 cm³/mol. The van der Waals surface area contributed by atoms with Crippen molar-refractivity contribution in [2.75, 3.05) is 18.5 Å². The zero-order valence-corrected chi connectivity index (χ0v) is 15.5.